The van der Waals surface area contributed by atoms with Gasteiger partial charge < -0.3 is 19.4 Å². The van der Waals surface area contributed by atoms with Gasteiger partial charge in [0.25, 0.3) is 11.4 Å². The first-order valence-electron chi connectivity index (χ1n) is 16.5. The molecule has 0 radical (unpaired) electrons. The Labute approximate surface area is 287 Å². The van der Waals surface area contributed by atoms with Crippen molar-refractivity contribution in [3.8, 4) is 11.5 Å². The lowest BCUT2D eigenvalue weighted by molar-refractivity contribution is -0.383. The minimum absolute atomic E-state index is 0.127. The van der Waals surface area contributed by atoms with Crippen molar-refractivity contribution in [3.63, 3.8) is 0 Å². The van der Waals surface area contributed by atoms with E-state index in [0.29, 0.717) is 60.2 Å². The van der Waals surface area contributed by atoms with E-state index in [1.54, 1.807) is 12.1 Å². The fraction of sp³-hybridized carbons (Fsp3) is 0.333. The number of rotatable bonds is 10. The Balaban J connectivity index is 1.28. The molecule has 0 aliphatic carbocycles. The lowest BCUT2D eigenvalue weighted by atomic mass is 10.0. The van der Waals surface area contributed by atoms with E-state index in [0.717, 1.165) is 36.4 Å². The van der Waals surface area contributed by atoms with Crippen molar-refractivity contribution in [2.75, 3.05) is 26.2 Å². The van der Waals surface area contributed by atoms with Crippen molar-refractivity contribution in [3.05, 3.63) is 92.3 Å². The van der Waals surface area contributed by atoms with Gasteiger partial charge in [0.2, 0.25) is 0 Å². The number of carbonyl (C=O) groups is 2. The first-order valence-corrected chi connectivity index (χ1v) is 16.5. The summed E-state index contributed by atoms with van der Waals surface area (Å²) in [6.07, 6.45) is 7.13. The van der Waals surface area contributed by atoms with Crippen LogP contribution in [0.3, 0.4) is 0 Å². The molecule has 6 rings (SSSR count). The SMILES string of the molecule is CC(C)N1CC=C(c2[nH]c3c([N+](=O)[O-])cccc3c2OC(=O)/C=C\C(=O)Oc2c(C3=CCN(C(C)C)CC3)[nH]c3c([N+](=O)[O-])cccc23)CC1. The Morgan fingerprint density at radius 2 is 1.12 bits per heavy atom. The number of aromatic nitrogens is 2. The average Bonchev–Trinajstić information content (AvgIpc) is 3.65. The summed E-state index contributed by atoms with van der Waals surface area (Å²) in [6.45, 7) is 11.3. The Morgan fingerprint density at radius 3 is 1.44 bits per heavy atom. The molecule has 0 amide bonds. The summed E-state index contributed by atoms with van der Waals surface area (Å²) in [4.78, 5) is 59.8. The minimum Gasteiger partial charge on any atom is -0.420 e. The molecule has 14 nitrogen and oxygen atoms in total. The molecule has 2 aliphatic rings. The summed E-state index contributed by atoms with van der Waals surface area (Å²) in [6, 6.07) is 9.71. The number of carbonyl (C=O) groups excluding carboxylic acids is 2. The van der Waals surface area contributed by atoms with Gasteiger partial charge in [-0.05, 0) is 63.8 Å². The van der Waals surface area contributed by atoms with Crippen LogP contribution in [0, 0.1) is 20.2 Å². The third-order valence-corrected chi connectivity index (χ3v) is 9.27. The number of H-pyrrole nitrogens is 2. The number of nitrogens with one attached hydrogen (secondary N) is 2. The van der Waals surface area contributed by atoms with Gasteiger partial charge in [0, 0.05) is 62.5 Å². The van der Waals surface area contributed by atoms with Gasteiger partial charge in [0.1, 0.15) is 11.0 Å². The van der Waals surface area contributed by atoms with Gasteiger partial charge in [-0.1, -0.05) is 24.3 Å². The van der Waals surface area contributed by atoms with Crippen molar-refractivity contribution in [2.24, 2.45) is 0 Å². The summed E-state index contributed by atoms with van der Waals surface area (Å²) in [5, 5.41) is 24.3. The standard InChI is InChI=1S/C36H38N6O8/c1-21(2)39-17-13-23(14-18-39)31-35(25-7-5-9-27(41(45)46)33(25)37-31)49-29(43)11-12-30(44)50-36-26-8-6-10-28(42(47)48)34(26)38-32(36)24-15-19-40(20-16-24)22(3)4/h5-13,15,21-22,37-38H,14,16-20H2,1-4H3/b12-11-. The number of hydrogen-bond acceptors (Lipinski definition) is 10. The lowest BCUT2D eigenvalue weighted by Crippen LogP contribution is -2.34. The van der Waals surface area contributed by atoms with Crippen molar-refractivity contribution >= 4 is 56.3 Å². The predicted molar refractivity (Wildman–Crippen MR) is 189 cm³/mol. The zero-order chi connectivity index (χ0) is 35.7. The van der Waals surface area contributed by atoms with Gasteiger partial charge >= 0.3 is 11.9 Å². The Hall–Kier alpha value is -5.60. The van der Waals surface area contributed by atoms with E-state index in [2.05, 4.69) is 47.5 Å². The second-order valence-corrected chi connectivity index (χ2v) is 12.9. The molecule has 4 heterocycles. The van der Waals surface area contributed by atoms with Crippen molar-refractivity contribution < 1.29 is 28.9 Å². The highest BCUT2D eigenvalue weighted by atomic mass is 16.6. The second-order valence-electron chi connectivity index (χ2n) is 12.9. The number of para-hydroxylation sites is 2. The molecule has 50 heavy (non-hydrogen) atoms. The van der Waals surface area contributed by atoms with Crippen molar-refractivity contribution in [1.82, 2.24) is 19.8 Å². The summed E-state index contributed by atoms with van der Waals surface area (Å²) < 4.78 is 11.5. The monoisotopic (exact) mass is 682 g/mol. The first-order chi connectivity index (χ1) is 23.9. The zero-order valence-corrected chi connectivity index (χ0v) is 28.2. The van der Waals surface area contributed by atoms with Crippen LogP contribution in [0.4, 0.5) is 11.4 Å². The number of nitrogens with zero attached hydrogens (tertiary/aromatic N) is 4. The molecule has 0 unspecified atom stereocenters. The normalized spacial score (nSPS) is 16.0. The zero-order valence-electron chi connectivity index (χ0n) is 28.2. The van der Waals surface area contributed by atoms with E-state index in [4.69, 9.17) is 9.47 Å². The topological polar surface area (TPSA) is 177 Å². The number of nitro groups is 2. The molecule has 260 valence electrons. The van der Waals surface area contributed by atoms with E-state index < -0.39 is 21.8 Å². The lowest BCUT2D eigenvalue weighted by Gasteiger charge is -2.29. The van der Waals surface area contributed by atoms with Crippen LogP contribution in [0.2, 0.25) is 0 Å². The number of benzene rings is 2. The third kappa shape index (κ3) is 6.80. The van der Waals surface area contributed by atoms with Gasteiger partial charge in [0.15, 0.2) is 11.5 Å². The minimum atomic E-state index is -0.894. The number of nitro benzene ring substituents is 2. The maximum absolute atomic E-state index is 13.2. The molecular weight excluding hydrogens is 644 g/mol. The number of ether oxygens (including phenoxy) is 2. The van der Waals surface area contributed by atoms with Gasteiger partial charge in [-0.3, -0.25) is 30.0 Å². The second kappa shape index (κ2) is 14.1. The van der Waals surface area contributed by atoms with E-state index in [1.165, 1.54) is 24.3 Å². The molecule has 0 saturated carbocycles. The van der Waals surface area contributed by atoms with Crippen molar-refractivity contribution in [2.45, 2.75) is 52.6 Å². The van der Waals surface area contributed by atoms with Crippen LogP contribution in [-0.2, 0) is 9.59 Å². The molecule has 0 bridgehead atoms. The molecule has 2 aromatic heterocycles. The molecule has 0 saturated heterocycles. The van der Waals surface area contributed by atoms with E-state index in [1.807, 2.05) is 12.2 Å². The highest BCUT2D eigenvalue weighted by molar-refractivity contribution is 6.03. The molecule has 14 heteroatoms. The summed E-state index contributed by atoms with van der Waals surface area (Å²) >= 11 is 0. The number of aromatic amines is 2. The molecule has 2 N–H and O–H groups in total. The molecular formula is C36H38N6O8. The Morgan fingerprint density at radius 1 is 0.720 bits per heavy atom. The quantitative estimate of drug-likeness (QED) is 0.0809. The van der Waals surface area contributed by atoms with Gasteiger partial charge in [-0.2, -0.15) is 0 Å². The van der Waals surface area contributed by atoms with Crippen LogP contribution in [0.5, 0.6) is 11.5 Å². The van der Waals surface area contributed by atoms with E-state index in [-0.39, 0.29) is 33.9 Å². The molecule has 0 fully saturated rings. The number of esters is 2. The summed E-state index contributed by atoms with van der Waals surface area (Å²) in [5.74, 6) is -1.53. The highest BCUT2D eigenvalue weighted by Crippen LogP contribution is 2.41. The molecule has 2 aliphatic heterocycles. The van der Waals surface area contributed by atoms with E-state index in [9.17, 15) is 29.8 Å². The van der Waals surface area contributed by atoms with Crippen molar-refractivity contribution in [1.29, 1.82) is 0 Å². The molecule has 2 aromatic carbocycles. The smallest absolute Gasteiger partial charge is 0.336 e. The maximum atomic E-state index is 13.2. The number of fused-ring (bicyclic) bond motifs is 2. The van der Waals surface area contributed by atoms with Gasteiger partial charge in [-0.15, -0.1) is 0 Å². The summed E-state index contributed by atoms with van der Waals surface area (Å²) in [5.41, 5.74) is 2.75. The predicted octanol–water partition coefficient (Wildman–Crippen LogP) is 6.53. The molecule has 0 atom stereocenters. The van der Waals surface area contributed by atoms with Crippen LogP contribution in [-0.4, -0.2) is 79.8 Å². The third-order valence-electron chi connectivity index (χ3n) is 9.27. The van der Waals surface area contributed by atoms with Crippen LogP contribution < -0.4 is 9.47 Å². The average molecular weight is 683 g/mol. The Kier molecular flexibility index (Phi) is 9.66. The maximum Gasteiger partial charge on any atom is 0.336 e. The first kappa shape index (κ1) is 34.3. The Bertz CT molecular complexity index is 1960. The fourth-order valence-corrected chi connectivity index (χ4v) is 6.49. The summed E-state index contributed by atoms with van der Waals surface area (Å²) in [7, 11) is 0. The van der Waals surface area contributed by atoms with Crippen LogP contribution in [0.15, 0.2) is 60.7 Å². The van der Waals surface area contributed by atoms with Crippen LogP contribution >= 0.6 is 0 Å². The van der Waals surface area contributed by atoms with Gasteiger partial charge in [0.05, 0.1) is 32.0 Å². The van der Waals surface area contributed by atoms with Crippen LogP contribution in [0.25, 0.3) is 33.0 Å². The highest BCUT2D eigenvalue weighted by Gasteiger charge is 2.28. The van der Waals surface area contributed by atoms with Crippen LogP contribution in [0.1, 0.15) is 51.9 Å². The van der Waals surface area contributed by atoms with E-state index >= 15 is 0 Å². The molecule has 4 aromatic rings. The molecule has 0 spiro atoms. The number of non-ortho nitro benzene ring substituents is 2. The van der Waals surface area contributed by atoms with Gasteiger partial charge in [-0.25, -0.2) is 9.59 Å². The largest absolute Gasteiger partial charge is 0.420 e. The number of hydrogen-bond donors (Lipinski definition) is 2. The fourth-order valence-electron chi connectivity index (χ4n) is 6.49.